The standard InChI is InChI=1S/C16H16N2O2/c1-4-12-6-5-7-13(8-12)17-9-14-15(19)10(2)18-11(3)16(14)20/h1,5-8,17,19-20H,9H2,2-3H3. The van der Waals surface area contributed by atoms with Crippen LogP contribution in [0.5, 0.6) is 11.5 Å². The molecule has 0 aliphatic heterocycles. The van der Waals surface area contributed by atoms with E-state index in [1.54, 1.807) is 13.8 Å². The normalized spacial score (nSPS) is 10.1. The molecule has 0 fully saturated rings. The van der Waals surface area contributed by atoms with Crippen molar-refractivity contribution in [3.63, 3.8) is 0 Å². The first-order valence-electron chi connectivity index (χ1n) is 6.21. The van der Waals surface area contributed by atoms with Crippen LogP contribution in [0.4, 0.5) is 5.69 Å². The second-order valence-electron chi connectivity index (χ2n) is 4.54. The third-order valence-corrected chi connectivity index (χ3v) is 3.09. The van der Waals surface area contributed by atoms with E-state index >= 15 is 0 Å². The van der Waals surface area contributed by atoms with Crippen LogP contribution in [-0.2, 0) is 6.54 Å². The fraction of sp³-hybridized carbons (Fsp3) is 0.188. The Morgan fingerprint density at radius 3 is 2.45 bits per heavy atom. The highest BCUT2D eigenvalue weighted by molar-refractivity contribution is 5.53. The van der Waals surface area contributed by atoms with Crippen LogP contribution in [0.3, 0.4) is 0 Å². The first-order valence-corrected chi connectivity index (χ1v) is 6.21. The highest BCUT2D eigenvalue weighted by Crippen LogP contribution is 2.31. The molecule has 0 aliphatic carbocycles. The van der Waals surface area contributed by atoms with Gasteiger partial charge in [-0.3, -0.25) is 4.98 Å². The Bertz CT molecular complexity index is 661. The molecule has 4 nitrogen and oxygen atoms in total. The van der Waals surface area contributed by atoms with Gasteiger partial charge in [-0.05, 0) is 32.0 Å². The van der Waals surface area contributed by atoms with E-state index in [4.69, 9.17) is 6.42 Å². The quantitative estimate of drug-likeness (QED) is 0.749. The molecule has 0 bridgehead atoms. The summed E-state index contributed by atoms with van der Waals surface area (Å²) in [4.78, 5) is 4.06. The molecule has 0 spiro atoms. The van der Waals surface area contributed by atoms with Crippen LogP contribution >= 0.6 is 0 Å². The Kier molecular flexibility index (Phi) is 3.81. The zero-order valence-electron chi connectivity index (χ0n) is 11.4. The fourth-order valence-corrected chi connectivity index (χ4v) is 1.98. The summed E-state index contributed by atoms with van der Waals surface area (Å²) in [6.07, 6.45) is 5.35. The van der Waals surface area contributed by atoms with E-state index in [-0.39, 0.29) is 18.0 Å². The third-order valence-electron chi connectivity index (χ3n) is 3.09. The van der Waals surface area contributed by atoms with Gasteiger partial charge in [0.1, 0.15) is 11.5 Å². The van der Waals surface area contributed by atoms with Gasteiger partial charge in [0.05, 0.1) is 17.0 Å². The zero-order valence-corrected chi connectivity index (χ0v) is 11.4. The Labute approximate surface area is 118 Å². The van der Waals surface area contributed by atoms with Crippen molar-refractivity contribution >= 4 is 5.69 Å². The molecule has 0 aliphatic rings. The van der Waals surface area contributed by atoms with Gasteiger partial charge in [0, 0.05) is 17.8 Å². The minimum absolute atomic E-state index is 0.00806. The van der Waals surface area contributed by atoms with Crippen LogP contribution in [0.25, 0.3) is 0 Å². The number of pyridine rings is 1. The molecule has 0 unspecified atom stereocenters. The molecule has 102 valence electrons. The number of rotatable bonds is 3. The monoisotopic (exact) mass is 268 g/mol. The predicted octanol–water partition coefficient (Wildman–Crippen LogP) is 2.70. The summed E-state index contributed by atoms with van der Waals surface area (Å²) < 4.78 is 0. The molecule has 0 saturated carbocycles. The van der Waals surface area contributed by atoms with Gasteiger partial charge in [0.15, 0.2) is 0 Å². The van der Waals surface area contributed by atoms with Gasteiger partial charge in [0.2, 0.25) is 0 Å². The topological polar surface area (TPSA) is 65.4 Å². The number of hydrogen-bond donors (Lipinski definition) is 3. The van der Waals surface area contributed by atoms with E-state index in [1.807, 2.05) is 24.3 Å². The maximum Gasteiger partial charge on any atom is 0.145 e. The van der Waals surface area contributed by atoms with Crippen molar-refractivity contribution in [3.05, 3.63) is 46.8 Å². The van der Waals surface area contributed by atoms with E-state index in [0.29, 0.717) is 17.0 Å². The van der Waals surface area contributed by atoms with Gasteiger partial charge in [-0.2, -0.15) is 0 Å². The number of hydrogen-bond acceptors (Lipinski definition) is 4. The lowest BCUT2D eigenvalue weighted by atomic mass is 10.1. The van der Waals surface area contributed by atoms with Gasteiger partial charge in [-0.15, -0.1) is 6.42 Å². The minimum atomic E-state index is 0.00806. The average molecular weight is 268 g/mol. The van der Waals surface area contributed by atoms with Crippen molar-refractivity contribution < 1.29 is 10.2 Å². The van der Waals surface area contributed by atoms with Crippen LogP contribution in [-0.4, -0.2) is 15.2 Å². The number of aromatic nitrogens is 1. The Hall–Kier alpha value is -2.67. The lowest BCUT2D eigenvalue weighted by Crippen LogP contribution is -2.03. The summed E-state index contributed by atoms with van der Waals surface area (Å²) in [5.41, 5.74) is 3.02. The van der Waals surface area contributed by atoms with Crippen LogP contribution in [0, 0.1) is 26.2 Å². The number of aryl methyl sites for hydroxylation is 2. The van der Waals surface area contributed by atoms with Gasteiger partial charge >= 0.3 is 0 Å². The van der Waals surface area contributed by atoms with E-state index in [0.717, 1.165) is 11.3 Å². The minimum Gasteiger partial charge on any atom is -0.506 e. The molecule has 0 radical (unpaired) electrons. The average Bonchev–Trinajstić information content (AvgIpc) is 2.45. The zero-order chi connectivity index (χ0) is 14.7. The summed E-state index contributed by atoms with van der Waals surface area (Å²) in [6, 6.07) is 7.38. The van der Waals surface area contributed by atoms with E-state index < -0.39 is 0 Å². The van der Waals surface area contributed by atoms with Gasteiger partial charge in [-0.1, -0.05) is 12.0 Å². The molecule has 3 N–H and O–H groups in total. The molecule has 1 heterocycles. The second-order valence-corrected chi connectivity index (χ2v) is 4.54. The second kappa shape index (κ2) is 5.54. The number of aromatic hydroxyl groups is 2. The molecule has 0 saturated heterocycles. The lowest BCUT2D eigenvalue weighted by Gasteiger charge is -2.13. The highest BCUT2D eigenvalue weighted by atomic mass is 16.3. The summed E-state index contributed by atoms with van der Waals surface area (Å²) in [5.74, 6) is 2.57. The summed E-state index contributed by atoms with van der Waals surface area (Å²) in [7, 11) is 0. The van der Waals surface area contributed by atoms with Crippen LogP contribution < -0.4 is 5.32 Å². The number of anilines is 1. The number of benzene rings is 1. The maximum absolute atomic E-state index is 9.99. The predicted molar refractivity (Wildman–Crippen MR) is 78.7 cm³/mol. The molecule has 2 aromatic rings. The van der Waals surface area contributed by atoms with E-state index in [2.05, 4.69) is 16.2 Å². The maximum atomic E-state index is 9.99. The molecule has 4 heteroatoms. The van der Waals surface area contributed by atoms with E-state index in [9.17, 15) is 10.2 Å². The smallest absolute Gasteiger partial charge is 0.145 e. The summed E-state index contributed by atoms with van der Waals surface area (Å²) in [6.45, 7) is 3.68. The van der Waals surface area contributed by atoms with Crippen LogP contribution in [0.15, 0.2) is 24.3 Å². The van der Waals surface area contributed by atoms with E-state index in [1.165, 1.54) is 0 Å². The molecule has 0 atom stereocenters. The van der Waals surface area contributed by atoms with Crippen LogP contribution in [0.1, 0.15) is 22.5 Å². The molecule has 0 amide bonds. The first-order chi connectivity index (χ1) is 9.52. The molecule has 20 heavy (non-hydrogen) atoms. The number of nitrogens with one attached hydrogen (secondary N) is 1. The van der Waals surface area contributed by atoms with Gasteiger partial charge < -0.3 is 15.5 Å². The number of terminal acetylenes is 1. The van der Waals surface area contributed by atoms with Crippen molar-refractivity contribution in [2.24, 2.45) is 0 Å². The lowest BCUT2D eigenvalue weighted by molar-refractivity contribution is 0.428. The Morgan fingerprint density at radius 2 is 1.85 bits per heavy atom. The molecular weight excluding hydrogens is 252 g/mol. The van der Waals surface area contributed by atoms with Crippen molar-refractivity contribution in [3.8, 4) is 23.8 Å². The van der Waals surface area contributed by atoms with Gasteiger partial charge in [0.25, 0.3) is 0 Å². The van der Waals surface area contributed by atoms with Crippen molar-refractivity contribution in [1.82, 2.24) is 4.98 Å². The molecular formula is C16H16N2O2. The largest absolute Gasteiger partial charge is 0.506 e. The SMILES string of the molecule is C#Cc1cccc(NCc2c(O)c(C)nc(C)c2O)c1. The summed E-state index contributed by atoms with van der Waals surface area (Å²) in [5, 5.41) is 23.1. The Morgan fingerprint density at radius 1 is 1.20 bits per heavy atom. The van der Waals surface area contributed by atoms with Crippen molar-refractivity contribution in [2.45, 2.75) is 20.4 Å². The third kappa shape index (κ3) is 2.67. The Balaban J connectivity index is 2.25. The van der Waals surface area contributed by atoms with Crippen molar-refractivity contribution in [2.75, 3.05) is 5.32 Å². The van der Waals surface area contributed by atoms with Gasteiger partial charge in [-0.25, -0.2) is 0 Å². The molecule has 1 aromatic heterocycles. The van der Waals surface area contributed by atoms with Crippen LogP contribution in [0.2, 0.25) is 0 Å². The summed E-state index contributed by atoms with van der Waals surface area (Å²) >= 11 is 0. The van der Waals surface area contributed by atoms with Crippen molar-refractivity contribution in [1.29, 1.82) is 0 Å². The fourth-order valence-electron chi connectivity index (χ4n) is 1.98. The number of nitrogens with zero attached hydrogens (tertiary/aromatic N) is 1. The molecule has 1 aromatic carbocycles. The molecule has 2 rings (SSSR count). The first kappa shape index (κ1) is 13.8. The highest BCUT2D eigenvalue weighted by Gasteiger charge is 2.14.